The van der Waals surface area contributed by atoms with Crippen LogP contribution in [-0.4, -0.2) is 5.78 Å². The van der Waals surface area contributed by atoms with Crippen LogP contribution >= 0.6 is 0 Å². The normalized spacial score (nSPS) is 31.6. The van der Waals surface area contributed by atoms with E-state index in [0.29, 0.717) is 12.3 Å². The van der Waals surface area contributed by atoms with E-state index in [1.165, 1.54) is 0 Å². The molecule has 15 heavy (non-hydrogen) atoms. The molecule has 1 aliphatic carbocycles. The van der Waals surface area contributed by atoms with E-state index >= 15 is 0 Å². The number of carbonyl (C=O) groups excluding carboxylic acids is 1. The van der Waals surface area contributed by atoms with E-state index in [-0.39, 0.29) is 5.78 Å². The number of hydrogen-bond acceptors (Lipinski definition) is 2. The molecule has 0 saturated heterocycles. The number of hydrogen-bond donors (Lipinski definition) is 1. The van der Waals surface area contributed by atoms with Gasteiger partial charge < -0.3 is 5.73 Å². The highest BCUT2D eigenvalue weighted by atomic mass is 16.1. The van der Waals surface area contributed by atoms with Crippen LogP contribution in [0.15, 0.2) is 30.3 Å². The molecule has 1 fully saturated rings. The monoisotopic (exact) mass is 203 g/mol. The van der Waals surface area contributed by atoms with E-state index in [1.54, 1.807) is 0 Å². The molecule has 2 rings (SSSR count). The van der Waals surface area contributed by atoms with Crippen LogP contribution in [0.5, 0.6) is 0 Å². The van der Waals surface area contributed by atoms with Gasteiger partial charge in [0.2, 0.25) is 0 Å². The minimum absolute atomic E-state index is 0.187. The Morgan fingerprint density at radius 2 is 2.00 bits per heavy atom. The highest BCUT2D eigenvalue weighted by Crippen LogP contribution is 2.35. The second kappa shape index (κ2) is 3.78. The molecular formula is C13H17NO. The van der Waals surface area contributed by atoms with Gasteiger partial charge in [-0.15, -0.1) is 0 Å². The van der Waals surface area contributed by atoms with Crippen molar-refractivity contribution in [3.63, 3.8) is 0 Å². The van der Waals surface area contributed by atoms with Gasteiger partial charge in [-0.25, -0.2) is 0 Å². The zero-order valence-electron chi connectivity index (χ0n) is 9.07. The van der Waals surface area contributed by atoms with E-state index in [2.05, 4.69) is 6.92 Å². The van der Waals surface area contributed by atoms with Gasteiger partial charge in [-0.1, -0.05) is 37.3 Å². The minimum Gasteiger partial charge on any atom is -0.315 e. The molecule has 0 bridgehead atoms. The van der Waals surface area contributed by atoms with Gasteiger partial charge in [-0.3, -0.25) is 4.79 Å². The first kappa shape index (κ1) is 10.4. The fourth-order valence-electron chi connectivity index (χ4n) is 2.38. The Labute approximate surface area is 90.5 Å². The summed E-state index contributed by atoms with van der Waals surface area (Å²) in [5.41, 5.74) is 6.49. The summed E-state index contributed by atoms with van der Waals surface area (Å²) < 4.78 is 0. The van der Waals surface area contributed by atoms with Crippen molar-refractivity contribution in [2.45, 2.75) is 31.7 Å². The van der Waals surface area contributed by atoms with E-state index < -0.39 is 5.54 Å². The predicted molar refractivity (Wildman–Crippen MR) is 60.3 cm³/mol. The fourth-order valence-corrected chi connectivity index (χ4v) is 2.38. The third-order valence-corrected chi connectivity index (χ3v) is 3.32. The molecule has 2 nitrogen and oxygen atoms in total. The maximum Gasteiger partial charge on any atom is 0.157 e. The molecule has 0 aliphatic heterocycles. The Morgan fingerprint density at radius 3 is 2.67 bits per heavy atom. The summed E-state index contributed by atoms with van der Waals surface area (Å²) >= 11 is 0. The van der Waals surface area contributed by atoms with Crippen LogP contribution in [0.4, 0.5) is 0 Å². The van der Waals surface area contributed by atoms with Gasteiger partial charge in [-0.05, 0) is 24.3 Å². The van der Waals surface area contributed by atoms with E-state index in [9.17, 15) is 4.79 Å². The average Bonchev–Trinajstić information content (AvgIpc) is 2.25. The Hall–Kier alpha value is -1.15. The highest BCUT2D eigenvalue weighted by Gasteiger charge is 2.39. The Balaban J connectivity index is 2.35. The summed E-state index contributed by atoms with van der Waals surface area (Å²) in [5, 5.41) is 0. The van der Waals surface area contributed by atoms with E-state index in [0.717, 1.165) is 18.4 Å². The van der Waals surface area contributed by atoms with Gasteiger partial charge in [0.1, 0.15) is 5.54 Å². The predicted octanol–water partition coefficient (Wildman–Crippen LogP) is 2.23. The number of carbonyl (C=O) groups is 1. The molecule has 2 atom stereocenters. The highest BCUT2D eigenvalue weighted by molar-refractivity contribution is 5.90. The lowest BCUT2D eigenvalue weighted by Gasteiger charge is -2.35. The van der Waals surface area contributed by atoms with Crippen LogP contribution in [0.25, 0.3) is 0 Å². The van der Waals surface area contributed by atoms with Crippen molar-refractivity contribution in [2.24, 2.45) is 11.7 Å². The Bertz CT molecular complexity index is 360. The molecule has 0 radical (unpaired) electrons. The molecule has 2 N–H and O–H groups in total. The molecule has 80 valence electrons. The summed E-state index contributed by atoms with van der Waals surface area (Å²) in [4.78, 5) is 11.9. The molecular weight excluding hydrogens is 186 g/mol. The van der Waals surface area contributed by atoms with Gasteiger partial charge in [-0.2, -0.15) is 0 Å². The second-order valence-corrected chi connectivity index (χ2v) is 4.61. The van der Waals surface area contributed by atoms with Crippen LogP contribution in [0, 0.1) is 5.92 Å². The number of rotatable bonds is 1. The number of benzene rings is 1. The summed E-state index contributed by atoms with van der Waals surface area (Å²) in [6.07, 6.45) is 2.37. The lowest BCUT2D eigenvalue weighted by atomic mass is 9.72. The zero-order valence-corrected chi connectivity index (χ0v) is 9.07. The summed E-state index contributed by atoms with van der Waals surface area (Å²) in [6.45, 7) is 2.16. The van der Waals surface area contributed by atoms with Crippen molar-refractivity contribution >= 4 is 5.78 Å². The number of Topliss-reactive ketones (excluding diaryl/α,β-unsaturated/α-hetero) is 1. The van der Waals surface area contributed by atoms with Crippen molar-refractivity contribution in [3.05, 3.63) is 35.9 Å². The first-order valence-corrected chi connectivity index (χ1v) is 5.50. The number of ketones is 1. The van der Waals surface area contributed by atoms with Crippen molar-refractivity contribution in [1.82, 2.24) is 0 Å². The first-order chi connectivity index (χ1) is 7.13. The lowest BCUT2D eigenvalue weighted by Crippen LogP contribution is -2.48. The smallest absolute Gasteiger partial charge is 0.157 e. The van der Waals surface area contributed by atoms with Gasteiger partial charge in [0.15, 0.2) is 5.78 Å². The van der Waals surface area contributed by atoms with Crippen molar-refractivity contribution < 1.29 is 4.79 Å². The third kappa shape index (κ3) is 1.82. The van der Waals surface area contributed by atoms with Crippen molar-refractivity contribution in [1.29, 1.82) is 0 Å². The molecule has 1 aliphatic rings. The molecule has 0 aromatic heterocycles. The second-order valence-electron chi connectivity index (χ2n) is 4.61. The zero-order chi connectivity index (χ0) is 10.9. The van der Waals surface area contributed by atoms with Crippen molar-refractivity contribution in [2.75, 3.05) is 0 Å². The summed E-state index contributed by atoms with van der Waals surface area (Å²) in [7, 11) is 0. The summed E-state index contributed by atoms with van der Waals surface area (Å²) in [5.74, 6) is 0.722. The number of nitrogens with two attached hydrogens (primary N) is 1. The molecule has 0 heterocycles. The topological polar surface area (TPSA) is 43.1 Å². The van der Waals surface area contributed by atoms with Crippen molar-refractivity contribution in [3.8, 4) is 0 Å². The molecule has 0 spiro atoms. The minimum atomic E-state index is -0.737. The van der Waals surface area contributed by atoms with Crippen LogP contribution in [-0.2, 0) is 10.3 Å². The van der Waals surface area contributed by atoms with E-state index in [1.807, 2.05) is 30.3 Å². The molecule has 2 unspecified atom stereocenters. The Morgan fingerprint density at radius 1 is 1.33 bits per heavy atom. The lowest BCUT2D eigenvalue weighted by molar-refractivity contribution is -0.127. The standard InChI is InChI=1S/C13H17NO/c1-10-7-8-12(15)13(14,9-10)11-5-3-2-4-6-11/h2-6,10H,7-9,14H2,1H3. The van der Waals surface area contributed by atoms with Crippen LogP contribution in [0.1, 0.15) is 31.7 Å². The van der Waals surface area contributed by atoms with Gasteiger partial charge in [0.05, 0.1) is 0 Å². The molecule has 2 heteroatoms. The fraction of sp³-hybridized carbons (Fsp3) is 0.462. The SMILES string of the molecule is CC1CCC(=O)C(N)(c2ccccc2)C1. The first-order valence-electron chi connectivity index (χ1n) is 5.50. The molecule has 0 amide bonds. The third-order valence-electron chi connectivity index (χ3n) is 3.32. The maximum absolute atomic E-state index is 11.9. The largest absolute Gasteiger partial charge is 0.315 e. The van der Waals surface area contributed by atoms with Gasteiger partial charge in [0.25, 0.3) is 0 Å². The average molecular weight is 203 g/mol. The summed E-state index contributed by atoms with van der Waals surface area (Å²) in [6, 6.07) is 9.74. The Kier molecular flexibility index (Phi) is 2.61. The van der Waals surface area contributed by atoms with Gasteiger partial charge >= 0.3 is 0 Å². The van der Waals surface area contributed by atoms with E-state index in [4.69, 9.17) is 5.73 Å². The van der Waals surface area contributed by atoms with Crippen LogP contribution in [0.3, 0.4) is 0 Å². The van der Waals surface area contributed by atoms with Crippen LogP contribution in [0.2, 0.25) is 0 Å². The molecule has 1 aromatic carbocycles. The molecule has 1 aromatic rings. The van der Waals surface area contributed by atoms with Crippen LogP contribution < -0.4 is 5.73 Å². The quantitative estimate of drug-likeness (QED) is 0.760. The molecule has 1 saturated carbocycles. The maximum atomic E-state index is 11.9. The van der Waals surface area contributed by atoms with Gasteiger partial charge in [0, 0.05) is 6.42 Å².